The second-order valence-corrected chi connectivity index (χ2v) is 5.93. The molecule has 2 rings (SSSR count). The van der Waals surface area contributed by atoms with Crippen LogP contribution in [0.1, 0.15) is 43.0 Å². The Balaban J connectivity index is 1.75. The lowest BCUT2D eigenvalue weighted by atomic mass is 10.1. The van der Waals surface area contributed by atoms with Crippen molar-refractivity contribution in [2.24, 2.45) is 0 Å². The van der Waals surface area contributed by atoms with Crippen LogP contribution in [0.4, 0.5) is 4.79 Å². The summed E-state index contributed by atoms with van der Waals surface area (Å²) in [6, 6.07) is 6.48. The van der Waals surface area contributed by atoms with Gasteiger partial charge in [-0.15, -0.1) is 0 Å². The van der Waals surface area contributed by atoms with Crippen LogP contribution in [0.2, 0.25) is 0 Å². The van der Waals surface area contributed by atoms with Crippen molar-refractivity contribution in [1.82, 2.24) is 10.6 Å². The zero-order valence-electron chi connectivity index (χ0n) is 15.2. The highest BCUT2D eigenvalue weighted by Crippen LogP contribution is 2.25. The van der Waals surface area contributed by atoms with Crippen molar-refractivity contribution in [3.63, 3.8) is 0 Å². The van der Waals surface area contributed by atoms with Crippen LogP contribution in [-0.4, -0.2) is 36.8 Å². The third kappa shape index (κ3) is 5.73. The maximum Gasteiger partial charge on any atom is 0.407 e. The first kappa shape index (κ1) is 20.3. The number of unbranched alkanes of at least 4 members (excludes halogenated alkanes) is 3. The molecule has 3 N–H and O–H groups in total. The highest BCUT2D eigenvalue weighted by Gasteiger charge is 2.20. The van der Waals surface area contributed by atoms with Crippen LogP contribution in [-0.2, 0) is 4.74 Å². The van der Waals surface area contributed by atoms with Crippen molar-refractivity contribution in [2.45, 2.75) is 32.6 Å². The van der Waals surface area contributed by atoms with Gasteiger partial charge in [0.1, 0.15) is 11.3 Å². The van der Waals surface area contributed by atoms with Gasteiger partial charge in [-0.25, -0.2) is 9.59 Å². The molecule has 2 aromatic rings. The molecular formula is C19H24N2O6. The van der Waals surface area contributed by atoms with Crippen LogP contribution in [0, 0.1) is 0 Å². The number of carbonyl (C=O) groups is 2. The second kappa shape index (κ2) is 10.2. The molecule has 0 saturated carbocycles. The average Bonchev–Trinajstić information content (AvgIpc) is 2.64. The van der Waals surface area contributed by atoms with Crippen molar-refractivity contribution >= 4 is 23.0 Å². The van der Waals surface area contributed by atoms with E-state index in [2.05, 4.69) is 10.6 Å². The van der Waals surface area contributed by atoms with Crippen molar-refractivity contribution < 1.29 is 23.8 Å². The Kier molecular flexibility index (Phi) is 7.66. The average molecular weight is 376 g/mol. The van der Waals surface area contributed by atoms with E-state index in [4.69, 9.17) is 9.15 Å². The molecule has 0 fully saturated rings. The Morgan fingerprint density at radius 2 is 1.74 bits per heavy atom. The van der Waals surface area contributed by atoms with Gasteiger partial charge in [0.05, 0.1) is 12.0 Å². The van der Waals surface area contributed by atoms with Crippen molar-refractivity contribution in [3.05, 3.63) is 40.2 Å². The van der Waals surface area contributed by atoms with Crippen LogP contribution in [0.25, 0.3) is 11.0 Å². The van der Waals surface area contributed by atoms with Gasteiger partial charge in [-0.2, -0.15) is 0 Å². The van der Waals surface area contributed by atoms with Gasteiger partial charge in [-0.1, -0.05) is 25.0 Å². The first-order valence-corrected chi connectivity index (χ1v) is 8.98. The van der Waals surface area contributed by atoms with Crippen LogP contribution >= 0.6 is 0 Å². The topological polar surface area (TPSA) is 118 Å². The van der Waals surface area contributed by atoms with Gasteiger partial charge in [0.15, 0.2) is 5.56 Å². The lowest BCUT2D eigenvalue weighted by Crippen LogP contribution is -2.29. The minimum atomic E-state index is -0.867. The number of nitrogens with one attached hydrogen (secondary N) is 2. The van der Waals surface area contributed by atoms with Gasteiger partial charge in [0.2, 0.25) is 0 Å². The monoisotopic (exact) mass is 376 g/mol. The third-order valence-corrected chi connectivity index (χ3v) is 3.95. The Hall–Kier alpha value is -3.03. The van der Waals surface area contributed by atoms with Crippen LogP contribution in [0.15, 0.2) is 33.5 Å². The molecular weight excluding hydrogens is 352 g/mol. The fourth-order valence-electron chi connectivity index (χ4n) is 2.60. The van der Waals surface area contributed by atoms with E-state index in [1.165, 1.54) is 0 Å². The van der Waals surface area contributed by atoms with Crippen LogP contribution < -0.4 is 16.3 Å². The summed E-state index contributed by atoms with van der Waals surface area (Å²) in [5, 5.41) is 15.8. The van der Waals surface area contributed by atoms with Crippen molar-refractivity contribution in [3.8, 4) is 5.75 Å². The molecule has 2 amide bonds. The second-order valence-electron chi connectivity index (χ2n) is 5.93. The summed E-state index contributed by atoms with van der Waals surface area (Å²) >= 11 is 0. The zero-order chi connectivity index (χ0) is 19.6. The molecule has 0 aliphatic heterocycles. The molecule has 0 aliphatic rings. The molecule has 146 valence electrons. The van der Waals surface area contributed by atoms with Gasteiger partial charge in [0.25, 0.3) is 5.91 Å². The Labute approximate surface area is 156 Å². The van der Waals surface area contributed by atoms with E-state index in [0.29, 0.717) is 31.5 Å². The van der Waals surface area contributed by atoms with Crippen LogP contribution in [0.3, 0.4) is 0 Å². The van der Waals surface area contributed by atoms with E-state index in [1.54, 1.807) is 31.2 Å². The fourth-order valence-corrected chi connectivity index (χ4v) is 2.60. The zero-order valence-corrected chi connectivity index (χ0v) is 15.2. The molecule has 1 heterocycles. The molecule has 0 atom stereocenters. The molecule has 8 nitrogen and oxygen atoms in total. The summed E-state index contributed by atoms with van der Waals surface area (Å²) in [6.07, 6.45) is 2.83. The van der Waals surface area contributed by atoms with E-state index in [9.17, 15) is 19.5 Å². The van der Waals surface area contributed by atoms with E-state index in [0.717, 1.165) is 19.3 Å². The number of fused-ring (bicyclic) bond motifs is 1. The quantitative estimate of drug-likeness (QED) is 0.457. The number of ether oxygens (including phenoxy) is 1. The van der Waals surface area contributed by atoms with E-state index >= 15 is 0 Å². The number of carbonyl (C=O) groups excluding carboxylic acids is 2. The summed E-state index contributed by atoms with van der Waals surface area (Å²) in [5.74, 6) is -1.03. The number of aromatic hydroxyl groups is 1. The van der Waals surface area contributed by atoms with Gasteiger partial charge < -0.3 is 24.9 Å². The maximum atomic E-state index is 12.2. The Morgan fingerprint density at radius 3 is 2.44 bits per heavy atom. The van der Waals surface area contributed by atoms with Gasteiger partial charge in [0, 0.05) is 13.1 Å². The predicted molar refractivity (Wildman–Crippen MR) is 100.0 cm³/mol. The molecule has 0 saturated heterocycles. The standard InChI is InChI=1S/C19H24N2O6/c1-2-26-19(25)21-12-8-4-3-7-11-20-17(23)15-16(22)13-9-5-6-10-14(13)27-18(15)24/h5-6,9-10,22H,2-4,7-8,11-12H2,1H3,(H,20,23)(H,21,25). The molecule has 0 aliphatic carbocycles. The number of benzene rings is 1. The molecule has 1 aromatic carbocycles. The van der Waals surface area contributed by atoms with E-state index < -0.39 is 17.6 Å². The lowest BCUT2D eigenvalue weighted by molar-refractivity contribution is 0.0946. The van der Waals surface area contributed by atoms with Crippen LogP contribution in [0.5, 0.6) is 5.75 Å². The summed E-state index contributed by atoms with van der Waals surface area (Å²) < 4.78 is 9.83. The fraction of sp³-hybridized carbons (Fsp3) is 0.421. The van der Waals surface area contributed by atoms with Gasteiger partial charge >= 0.3 is 11.7 Å². The number of para-hydroxylation sites is 1. The maximum absolute atomic E-state index is 12.2. The number of alkyl carbamates (subject to hydrolysis) is 1. The predicted octanol–water partition coefficient (Wildman–Crippen LogP) is 2.53. The van der Waals surface area contributed by atoms with Gasteiger partial charge in [-0.3, -0.25) is 4.79 Å². The third-order valence-electron chi connectivity index (χ3n) is 3.95. The molecule has 0 spiro atoms. The summed E-state index contributed by atoms with van der Waals surface area (Å²) in [5.41, 5.74) is -1.02. The minimum Gasteiger partial charge on any atom is -0.506 e. The number of amides is 2. The van der Waals surface area contributed by atoms with Crippen molar-refractivity contribution in [1.29, 1.82) is 0 Å². The first-order chi connectivity index (χ1) is 13.0. The molecule has 0 bridgehead atoms. The first-order valence-electron chi connectivity index (χ1n) is 8.98. The number of hydrogen-bond donors (Lipinski definition) is 3. The Morgan fingerprint density at radius 1 is 1.07 bits per heavy atom. The SMILES string of the molecule is CCOC(=O)NCCCCCCNC(=O)c1c(O)c2ccccc2oc1=O. The molecule has 27 heavy (non-hydrogen) atoms. The molecule has 1 aromatic heterocycles. The number of rotatable bonds is 9. The summed E-state index contributed by atoms with van der Waals surface area (Å²) in [6.45, 7) is 3.00. The molecule has 0 unspecified atom stereocenters. The molecule has 8 heteroatoms. The van der Waals surface area contributed by atoms with Crippen molar-refractivity contribution in [2.75, 3.05) is 19.7 Å². The lowest BCUT2D eigenvalue weighted by Gasteiger charge is -2.08. The van der Waals surface area contributed by atoms with Gasteiger partial charge in [-0.05, 0) is 31.9 Å². The highest BCUT2D eigenvalue weighted by molar-refractivity contribution is 6.01. The minimum absolute atomic E-state index is 0.230. The largest absolute Gasteiger partial charge is 0.506 e. The van der Waals surface area contributed by atoms with E-state index in [1.807, 2.05) is 0 Å². The smallest absolute Gasteiger partial charge is 0.407 e. The summed E-state index contributed by atoms with van der Waals surface area (Å²) in [7, 11) is 0. The number of hydrogen-bond acceptors (Lipinski definition) is 6. The summed E-state index contributed by atoms with van der Waals surface area (Å²) in [4.78, 5) is 35.3. The van der Waals surface area contributed by atoms with E-state index in [-0.39, 0.29) is 16.9 Å². The Bertz CT molecular complexity index is 846. The molecule has 0 radical (unpaired) electrons. The normalized spacial score (nSPS) is 10.6. The highest BCUT2D eigenvalue weighted by atomic mass is 16.5.